The van der Waals surface area contributed by atoms with Crippen molar-refractivity contribution in [2.45, 2.75) is 37.1 Å². The number of piperidine rings is 1. The van der Waals surface area contributed by atoms with E-state index < -0.39 is 10.0 Å². The van der Waals surface area contributed by atoms with Crippen molar-refractivity contribution in [3.63, 3.8) is 0 Å². The minimum atomic E-state index is -3.67. The quantitative estimate of drug-likeness (QED) is 0.862. The number of aryl methyl sites for hydroxylation is 1. The zero-order valence-corrected chi connectivity index (χ0v) is 15.3. The van der Waals surface area contributed by atoms with Crippen LogP contribution in [0.1, 0.15) is 25.5 Å². The molecule has 1 aromatic heterocycles. The second kappa shape index (κ2) is 6.61. The number of nitrogens with one attached hydrogen (secondary N) is 1. The van der Waals surface area contributed by atoms with E-state index in [0.717, 1.165) is 31.7 Å². The van der Waals surface area contributed by atoms with E-state index in [9.17, 15) is 8.42 Å². The molecule has 8 heteroatoms. The fourth-order valence-electron chi connectivity index (χ4n) is 2.75. The molecule has 0 saturated carbocycles. The molecule has 0 radical (unpaired) electrons. The Labute approximate surface area is 148 Å². The van der Waals surface area contributed by atoms with Crippen LogP contribution in [0.4, 0.5) is 11.6 Å². The normalized spacial score (nSPS) is 17.3. The molecule has 3 N–H and O–H groups in total. The average Bonchev–Trinajstić information content (AvgIpc) is 2.57. The lowest BCUT2D eigenvalue weighted by atomic mass is 9.91. The standard InChI is InChI=1S/C17H23N5O2S/c1-13-16(21-25(23,24)14-6-4-3-5-7-14)19-12-15(20-13)22-10-8-17(2,18)9-11-22/h3-7,12H,8-11,18H2,1-2H3,(H,19,21). The van der Waals surface area contributed by atoms with E-state index in [0.29, 0.717) is 5.69 Å². The maximum atomic E-state index is 12.4. The van der Waals surface area contributed by atoms with Crippen LogP contribution >= 0.6 is 0 Å². The van der Waals surface area contributed by atoms with Gasteiger partial charge in [-0.1, -0.05) is 18.2 Å². The van der Waals surface area contributed by atoms with Crippen LogP contribution in [-0.2, 0) is 10.0 Å². The van der Waals surface area contributed by atoms with Gasteiger partial charge in [0.15, 0.2) is 5.82 Å². The van der Waals surface area contributed by atoms with E-state index in [4.69, 9.17) is 5.73 Å². The minimum Gasteiger partial charge on any atom is -0.355 e. The SMILES string of the molecule is Cc1nc(N2CCC(C)(N)CC2)cnc1NS(=O)(=O)c1ccccc1. The molecule has 134 valence electrons. The highest BCUT2D eigenvalue weighted by Gasteiger charge is 2.27. The van der Waals surface area contributed by atoms with Crippen LogP contribution in [0.2, 0.25) is 0 Å². The maximum Gasteiger partial charge on any atom is 0.263 e. The van der Waals surface area contributed by atoms with Gasteiger partial charge in [0.2, 0.25) is 0 Å². The molecule has 1 aliphatic heterocycles. The Morgan fingerprint density at radius 2 is 1.84 bits per heavy atom. The van der Waals surface area contributed by atoms with E-state index >= 15 is 0 Å². The summed E-state index contributed by atoms with van der Waals surface area (Å²) in [5.41, 5.74) is 6.56. The number of benzene rings is 1. The summed E-state index contributed by atoms with van der Waals surface area (Å²) >= 11 is 0. The molecule has 0 aliphatic carbocycles. The lowest BCUT2D eigenvalue weighted by molar-refractivity contribution is 0.363. The van der Waals surface area contributed by atoms with Crippen LogP contribution in [0, 0.1) is 6.92 Å². The number of hydrogen-bond donors (Lipinski definition) is 2. The molecule has 25 heavy (non-hydrogen) atoms. The van der Waals surface area contributed by atoms with Gasteiger partial charge in [0, 0.05) is 18.6 Å². The summed E-state index contributed by atoms with van der Waals surface area (Å²) < 4.78 is 27.3. The van der Waals surface area contributed by atoms with Gasteiger partial charge in [-0.05, 0) is 38.8 Å². The zero-order chi connectivity index (χ0) is 18.1. The predicted molar refractivity (Wildman–Crippen MR) is 98.1 cm³/mol. The Morgan fingerprint density at radius 3 is 2.44 bits per heavy atom. The zero-order valence-electron chi connectivity index (χ0n) is 14.4. The number of nitrogens with zero attached hydrogens (tertiary/aromatic N) is 3. The van der Waals surface area contributed by atoms with E-state index in [-0.39, 0.29) is 16.3 Å². The highest BCUT2D eigenvalue weighted by molar-refractivity contribution is 7.92. The molecule has 1 aliphatic rings. The third-order valence-corrected chi connectivity index (χ3v) is 5.80. The Hall–Kier alpha value is -2.19. The lowest BCUT2D eigenvalue weighted by Crippen LogP contribution is -2.48. The van der Waals surface area contributed by atoms with Crippen LogP contribution < -0.4 is 15.4 Å². The van der Waals surface area contributed by atoms with E-state index in [1.165, 1.54) is 12.1 Å². The Kier molecular flexibility index (Phi) is 4.66. The second-order valence-corrected chi connectivity index (χ2v) is 8.40. The van der Waals surface area contributed by atoms with Crippen LogP contribution in [0.3, 0.4) is 0 Å². The van der Waals surface area contributed by atoms with Gasteiger partial charge >= 0.3 is 0 Å². The fourth-order valence-corrected chi connectivity index (χ4v) is 3.84. The molecule has 0 atom stereocenters. The minimum absolute atomic E-state index is 0.135. The van der Waals surface area contributed by atoms with Gasteiger partial charge in [0.25, 0.3) is 10.0 Å². The first-order chi connectivity index (χ1) is 11.8. The molecule has 0 unspecified atom stereocenters. The third-order valence-electron chi connectivity index (χ3n) is 4.45. The summed E-state index contributed by atoms with van der Waals surface area (Å²) in [6, 6.07) is 8.20. The van der Waals surface area contributed by atoms with Crippen molar-refractivity contribution in [2.75, 3.05) is 22.7 Å². The van der Waals surface area contributed by atoms with Gasteiger partial charge in [-0.15, -0.1) is 0 Å². The summed E-state index contributed by atoms with van der Waals surface area (Å²) in [7, 11) is -3.67. The van der Waals surface area contributed by atoms with Gasteiger partial charge in [0.1, 0.15) is 5.82 Å². The molecule has 1 aromatic carbocycles. The van der Waals surface area contributed by atoms with Crippen molar-refractivity contribution in [2.24, 2.45) is 5.73 Å². The Morgan fingerprint density at radius 1 is 1.20 bits per heavy atom. The Bertz CT molecular complexity index is 843. The Balaban J connectivity index is 1.77. The fraction of sp³-hybridized carbons (Fsp3) is 0.412. The van der Waals surface area contributed by atoms with E-state index in [1.807, 2.05) is 0 Å². The molecule has 0 bridgehead atoms. The molecule has 2 heterocycles. The molecular weight excluding hydrogens is 338 g/mol. The molecule has 2 aromatic rings. The molecular formula is C17H23N5O2S. The number of sulfonamides is 1. The maximum absolute atomic E-state index is 12.4. The molecule has 0 spiro atoms. The smallest absolute Gasteiger partial charge is 0.263 e. The third kappa shape index (κ3) is 4.08. The first-order valence-corrected chi connectivity index (χ1v) is 9.70. The van der Waals surface area contributed by atoms with Crippen LogP contribution in [0.25, 0.3) is 0 Å². The molecule has 7 nitrogen and oxygen atoms in total. The van der Waals surface area contributed by atoms with Gasteiger partial charge < -0.3 is 10.6 Å². The first kappa shape index (κ1) is 17.6. The van der Waals surface area contributed by atoms with Gasteiger partial charge in [-0.3, -0.25) is 4.72 Å². The predicted octanol–water partition coefficient (Wildman–Crippen LogP) is 1.90. The first-order valence-electron chi connectivity index (χ1n) is 8.22. The summed E-state index contributed by atoms with van der Waals surface area (Å²) in [5.74, 6) is 0.990. The van der Waals surface area contributed by atoms with E-state index in [1.54, 1.807) is 31.3 Å². The summed E-state index contributed by atoms with van der Waals surface area (Å²) in [4.78, 5) is 11.1. The van der Waals surface area contributed by atoms with Crippen molar-refractivity contribution in [3.8, 4) is 0 Å². The largest absolute Gasteiger partial charge is 0.355 e. The van der Waals surface area contributed by atoms with Crippen molar-refractivity contribution in [1.82, 2.24) is 9.97 Å². The van der Waals surface area contributed by atoms with Gasteiger partial charge in [-0.2, -0.15) is 0 Å². The molecule has 0 amide bonds. The van der Waals surface area contributed by atoms with Crippen LogP contribution in [0.15, 0.2) is 41.4 Å². The molecule has 3 rings (SSSR count). The summed E-state index contributed by atoms with van der Waals surface area (Å²) in [5, 5.41) is 0. The topological polar surface area (TPSA) is 101 Å². The number of hydrogen-bond acceptors (Lipinski definition) is 6. The monoisotopic (exact) mass is 361 g/mol. The highest BCUT2D eigenvalue weighted by atomic mass is 32.2. The van der Waals surface area contributed by atoms with Crippen LogP contribution in [-0.4, -0.2) is 37.0 Å². The number of aromatic nitrogens is 2. The van der Waals surface area contributed by atoms with Crippen molar-refractivity contribution in [3.05, 3.63) is 42.2 Å². The van der Waals surface area contributed by atoms with Gasteiger partial charge in [-0.25, -0.2) is 18.4 Å². The van der Waals surface area contributed by atoms with Crippen LogP contribution in [0.5, 0.6) is 0 Å². The number of rotatable bonds is 4. The van der Waals surface area contributed by atoms with Crippen molar-refractivity contribution >= 4 is 21.7 Å². The molecule has 1 fully saturated rings. The second-order valence-electron chi connectivity index (χ2n) is 6.72. The lowest BCUT2D eigenvalue weighted by Gasteiger charge is -2.37. The summed E-state index contributed by atoms with van der Waals surface area (Å²) in [6.45, 7) is 5.44. The number of anilines is 2. The molecule has 1 saturated heterocycles. The average molecular weight is 361 g/mol. The summed E-state index contributed by atoms with van der Waals surface area (Å²) in [6.07, 6.45) is 3.38. The van der Waals surface area contributed by atoms with E-state index in [2.05, 4.69) is 26.5 Å². The van der Waals surface area contributed by atoms with Crippen molar-refractivity contribution in [1.29, 1.82) is 0 Å². The van der Waals surface area contributed by atoms with Crippen molar-refractivity contribution < 1.29 is 8.42 Å². The highest BCUT2D eigenvalue weighted by Crippen LogP contribution is 2.24. The number of nitrogens with two attached hydrogens (primary N) is 1. The van der Waals surface area contributed by atoms with Gasteiger partial charge in [0.05, 0.1) is 16.8 Å².